The Balaban J connectivity index is 2.46. The number of anilines is 1. The van der Waals surface area contributed by atoms with Crippen molar-refractivity contribution in [3.8, 4) is 0 Å². The van der Waals surface area contributed by atoms with Gasteiger partial charge in [0, 0.05) is 23.8 Å². The second-order valence-electron chi connectivity index (χ2n) is 4.47. The number of halogens is 2. The van der Waals surface area contributed by atoms with Gasteiger partial charge in [0.1, 0.15) is 0 Å². The standard InChI is InChI=1S/C12H14BrClN2O2S/c1-8-2-4-16(5-3-8)19(17,18)11-7-9(14)6-10(15)12(11)13/h2,6-7H,3-5,15H2,1H3. The van der Waals surface area contributed by atoms with Crippen molar-refractivity contribution in [2.75, 3.05) is 18.8 Å². The zero-order valence-corrected chi connectivity index (χ0v) is 13.5. The smallest absolute Gasteiger partial charge is 0.244 e. The van der Waals surface area contributed by atoms with E-state index >= 15 is 0 Å². The third kappa shape index (κ3) is 2.97. The van der Waals surface area contributed by atoms with Crippen LogP contribution < -0.4 is 5.73 Å². The third-order valence-corrected chi connectivity index (χ3v) is 6.30. The zero-order valence-electron chi connectivity index (χ0n) is 10.4. The Morgan fingerprint density at radius 1 is 1.42 bits per heavy atom. The van der Waals surface area contributed by atoms with Gasteiger partial charge in [-0.05, 0) is 41.4 Å². The molecule has 4 nitrogen and oxygen atoms in total. The van der Waals surface area contributed by atoms with E-state index in [1.54, 1.807) is 0 Å². The molecule has 1 aliphatic rings. The summed E-state index contributed by atoms with van der Waals surface area (Å²) in [5.41, 5.74) is 7.26. The average molecular weight is 366 g/mol. The predicted molar refractivity (Wildman–Crippen MR) is 80.7 cm³/mol. The minimum Gasteiger partial charge on any atom is -0.398 e. The van der Waals surface area contributed by atoms with Crippen molar-refractivity contribution in [1.82, 2.24) is 4.31 Å². The summed E-state index contributed by atoms with van der Waals surface area (Å²) in [4.78, 5) is 0.116. The normalized spacial score (nSPS) is 17.3. The van der Waals surface area contributed by atoms with Gasteiger partial charge in [0.25, 0.3) is 0 Å². The number of sulfonamides is 1. The minimum atomic E-state index is -3.58. The third-order valence-electron chi connectivity index (χ3n) is 3.05. The largest absolute Gasteiger partial charge is 0.398 e. The van der Waals surface area contributed by atoms with E-state index in [1.807, 2.05) is 13.0 Å². The van der Waals surface area contributed by atoms with Crippen molar-refractivity contribution in [3.63, 3.8) is 0 Å². The molecule has 0 radical (unpaired) electrons. The first-order valence-corrected chi connectivity index (χ1v) is 8.34. The van der Waals surface area contributed by atoms with Crippen molar-refractivity contribution < 1.29 is 8.42 Å². The first-order chi connectivity index (χ1) is 8.82. The van der Waals surface area contributed by atoms with E-state index in [9.17, 15) is 8.42 Å². The predicted octanol–water partition coefficient (Wildman–Crippen LogP) is 3.03. The van der Waals surface area contributed by atoms with Crippen molar-refractivity contribution in [2.45, 2.75) is 18.2 Å². The molecule has 0 atom stereocenters. The molecule has 2 rings (SSSR count). The molecule has 1 aromatic carbocycles. The molecule has 0 fully saturated rings. The summed E-state index contributed by atoms with van der Waals surface area (Å²) in [6, 6.07) is 2.94. The van der Waals surface area contributed by atoms with Gasteiger partial charge in [-0.15, -0.1) is 0 Å². The summed E-state index contributed by atoms with van der Waals surface area (Å²) in [6.45, 7) is 2.85. The second-order valence-corrected chi connectivity index (χ2v) is 7.61. The van der Waals surface area contributed by atoms with Gasteiger partial charge in [-0.3, -0.25) is 0 Å². The summed E-state index contributed by atoms with van der Waals surface area (Å²) in [7, 11) is -3.58. The highest BCUT2D eigenvalue weighted by molar-refractivity contribution is 9.10. The molecular formula is C12H14BrClN2O2S. The van der Waals surface area contributed by atoms with E-state index in [4.69, 9.17) is 17.3 Å². The molecule has 1 aliphatic heterocycles. The highest BCUT2D eigenvalue weighted by Crippen LogP contribution is 2.33. The Labute approximate surface area is 126 Å². The van der Waals surface area contributed by atoms with Gasteiger partial charge in [0.05, 0.1) is 9.37 Å². The number of hydrogen-bond donors (Lipinski definition) is 1. The van der Waals surface area contributed by atoms with Gasteiger partial charge >= 0.3 is 0 Å². The van der Waals surface area contributed by atoms with E-state index < -0.39 is 10.0 Å². The lowest BCUT2D eigenvalue weighted by Gasteiger charge is -2.25. The van der Waals surface area contributed by atoms with Gasteiger partial charge < -0.3 is 5.73 Å². The zero-order chi connectivity index (χ0) is 14.2. The van der Waals surface area contributed by atoms with Crippen molar-refractivity contribution in [3.05, 3.63) is 33.3 Å². The summed E-state index contributed by atoms with van der Waals surface area (Å²) < 4.78 is 26.9. The number of hydrogen-bond acceptors (Lipinski definition) is 3. The molecule has 1 heterocycles. The lowest BCUT2D eigenvalue weighted by molar-refractivity contribution is 0.431. The maximum atomic E-state index is 12.6. The van der Waals surface area contributed by atoms with Crippen molar-refractivity contribution >= 4 is 43.2 Å². The Morgan fingerprint density at radius 3 is 2.68 bits per heavy atom. The molecule has 19 heavy (non-hydrogen) atoms. The molecule has 7 heteroatoms. The molecule has 0 aliphatic carbocycles. The number of nitrogen functional groups attached to an aromatic ring is 1. The van der Waals surface area contributed by atoms with Gasteiger partial charge in [-0.2, -0.15) is 4.31 Å². The number of benzene rings is 1. The van der Waals surface area contributed by atoms with E-state index in [-0.39, 0.29) is 4.90 Å². The van der Waals surface area contributed by atoms with Crippen molar-refractivity contribution in [1.29, 1.82) is 0 Å². The maximum absolute atomic E-state index is 12.6. The van der Waals surface area contributed by atoms with Crippen LogP contribution in [0.4, 0.5) is 5.69 Å². The quantitative estimate of drug-likeness (QED) is 0.647. The molecule has 0 saturated heterocycles. The topological polar surface area (TPSA) is 63.4 Å². The first kappa shape index (κ1) is 14.8. The molecule has 0 spiro atoms. The summed E-state index contributed by atoms with van der Waals surface area (Å²) in [5.74, 6) is 0. The molecule has 0 unspecified atom stereocenters. The van der Waals surface area contributed by atoms with Gasteiger partial charge in [-0.25, -0.2) is 8.42 Å². The lowest BCUT2D eigenvalue weighted by Crippen LogP contribution is -2.34. The van der Waals surface area contributed by atoms with Crippen LogP contribution in [0.25, 0.3) is 0 Å². The highest BCUT2D eigenvalue weighted by Gasteiger charge is 2.28. The van der Waals surface area contributed by atoms with Crippen LogP contribution in [-0.2, 0) is 10.0 Å². The van der Waals surface area contributed by atoms with Gasteiger partial charge in [-0.1, -0.05) is 23.3 Å². The highest BCUT2D eigenvalue weighted by atomic mass is 79.9. The first-order valence-electron chi connectivity index (χ1n) is 5.72. The molecule has 0 amide bonds. The van der Waals surface area contributed by atoms with Crippen LogP contribution in [0.3, 0.4) is 0 Å². The molecule has 0 bridgehead atoms. The van der Waals surface area contributed by atoms with Gasteiger partial charge in [0.15, 0.2) is 0 Å². The molecule has 104 valence electrons. The Morgan fingerprint density at radius 2 is 2.11 bits per heavy atom. The molecule has 2 N–H and O–H groups in total. The van der Waals surface area contributed by atoms with Gasteiger partial charge in [0.2, 0.25) is 10.0 Å². The molecule has 0 aromatic heterocycles. The summed E-state index contributed by atoms with van der Waals surface area (Å²) in [5, 5.41) is 0.308. The van der Waals surface area contributed by atoms with Crippen LogP contribution in [0.15, 0.2) is 33.2 Å². The number of rotatable bonds is 2. The summed E-state index contributed by atoms with van der Waals surface area (Å²) >= 11 is 9.12. The fourth-order valence-electron chi connectivity index (χ4n) is 1.88. The summed E-state index contributed by atoms with van der Waals surface area (Å²) in [6.07, 6.45) is 2.66. The average Bonchev–Trinajstić information content (AvgIpc) is 2.34. The SMILES string of the molecule is CC1=CCN(S(=O)(=O)c2cc(Cl)cc(N)c2Br)CC1. The van der Waals surface area contributed by atoms with E-state index in [2.05, 4.69) is 15.9 Å². The van der Waals surface area contributed by atoms with Crippen molar-refractivity contribution in [2.24, 2.45) is 0 Å². The second kappa shape index (κ2) is 5.44. The van der Waals surface area contributed by atoms with Crippen LogP contribution in [0.2, 0.25) is 5.02 Å². The Kier molecular flexibility index (Phi) is 4.25. The fraction of sp³-hybridized carbons (Fsp3) is 0.333. The fourth-order valence-corrected chi connectivity index (χ4v) is 4.52. The van der Waals surface area contributed by atoms with E-state index in [0.29, 0.717) is 28.3 Å². The maximum Gasteiger partial charge on any atom is 0.244 e. The Bertz CT molecular complexity index is 643. The van der Waals surface area contributed by atoms with Crippen LogP contribution in [-0.4, -0.2) is 25.8 Å². The van der Waals surface area contributed by atoms with Crippen LogP contribution in [0.1, 0.15) is 13.3 Å². The molecular weight excluding hydrogens is 352 g/mol. The van der Waals surface area contributed by atoms with Crippen LogP contribution in [0.5, 0.6) is 0 Å². The van der Waals surface area contributed by atoms with E-state index in [1.165, 1.54) is 22.0 Å². The van der Waals surface area contributed by atoms with E-state index in [0.717, 1.165) is 6.42 Å². The monoisotopic (exact) mass is 364 g/mol. The lowest BCUT2D eigenvalue weighted by atomic mass is 10.1. The minimum absolute atomic E-state index is 0.116. The van der Waals surface area contributed by atoms with Crippen LogP contribution in [0, 0.1) is 0 Å². The molecule has 1 aromatic rings. The molecule has 0 saturated carbocycles. The van der Waals surface area contributed by atoms with Crippen LogP contribution >= 0.6 is 27.5 Å². The number of nitrogens with zero attached hydrogens (tertiary/aromatic N) is 1. The number of nitrogens with two attached hydrogens (primary N) is 1. The Hall–Kier alpha value is -0.560.